The van der Waals surface area contributed by atoms with Gasteiger partial charge in [-0.3, -0.25) is 0 Å². The van der Waals surface area contributed by atoms with Gasteiger partial charge in [0.1, 0.15) is 11.2 Å². The predicted octanol–water partition coefficient (Wildman–Crippen LogP) is 14.3. The zero-order valence-corrected chi connectivity index (χ0v) is 32.4. The largest absolute Gasteiger partial charge is 0.456 e. The number of fused-ring (bicyclic) bond motifs is 3. The molecule has 0 aliphatic rings. The molecule has 0 fully saturated rings. The molecule has 0 aliphatic carbocycles. The first kappa shape index (κ1) is 35.0. The Balaban J connectivity index is 1.12. The maximum Gasteiger partial charge on any atom is 0.164 e. The summed E-state index contributed by atoms with van der Waals surface area (Å²) in [5.41, 5.74) is 16.5. The van der Waals surface area contributed by atoms with Crippen LogP contribution in [0.4, 0.5) is 0 Å². The van der Waals surface area contributed by atoms with Crippen molar-refractivity contribution < 1.29 is 4.42 Å². The molecule has 58 heavy (non-hydrogen) atoms. The summed E-state index contributed by atoms with van der Waals surface area (Å²) < 4.78 is 6.43. The van der Waals surface area contributed by atoms with Gasteiger partial charge in [0, 0.05) is 27.5 Å². The van der Waals surface area contributed by atoms with Crippen molar-refractivity contribution in [3.63, 3.8) is 0 Å². The van der Waals surface area contributed by atoms with E-state index in [9.17, 15) is 0 Å². The molecule has 0 aliphatic heterocycles. The van der Waals surface area contributed by atoms with Gasteiger partial charge < -0.3 is 4.42 Å². The lowest BCUT2D eigenvalue weighted by Crippen LogP contribution is -2.01. The summed E-state index contributed by atoms with van der Waals surface area (Å²) >= 11 is 0. The third-order valence-corrected chi connectivity index (χ3v) is 11.2. The van der Waals surface area contributed by atoms with Crippen molar-refractivity contribution >= 4 is 21.9 Å². The molecule has 0 atom stereocenters. The highest BCUT2D eigenvalue weighted by molar-refractivity contribution is 6.12. The van der Waals surface area contributed by atoms with Gasteiger partial charge in [0.15, 0.2) is 17.5 Å². The van der Waals surface area contributed by atoms with Crippen LogP contribution in [0.15, 0.2) is 192 Å². The summed E-state index contributed by atoms with van der Waals surface area (Å²) in [6, 6.07) is 65.7. The fraction of sp³-hybridized carbons (Fsp3) is 0.0556. The van der Waals surface area contributed by atoms with E-state index >= 15 is 0 Å². The van der Waals surface area contributed by atoms with Crippen LogP contribution >= 0.6 is 0 Å². The maximum atomic E-state index is 6.43. The second-order valence-electron chi connectivity index (χ2n) is 14.6. The third-order valence-electron chi connectivity index (χ3n) is 11.2. The topological polar surface area (TPSA) is 51.8 Å². The molecule has 10 rings (SSSR count). The van der Waals surface area contributed by atoms with Gasteiger partial charge >= 0.3 is 0 Å². The minimum Gasteiger partial charge on any atom is -0.456 e. The first-order chi connectivity index (χ1) is 28.6. The van der Waals surface area contributed by atoms with E-state index in [1.54, 1.807) is 0 Å². The van der Waals surface area contributed by atoms with Crippen LogP contribution in [0.2, 0.25) is 0 Å². The van der Waals surface area contributed by atoms with Gasteiger partial charge in [-0.05, 0) is 93.2 Å². The van der Waals surface area contributed by atoms with Gasteiger partial charge in [0.05, 0.1) is 0 Å². The van der Waals surface area contributed by atoms with Crippen LogP contribution in [0.3, 0.4) is 0 Å². The normalized spacial score (nSPS) is 11.3. The summed E-state index contributed by atoms with van der Waals surface area (Å²) in [6.45, 7) is 4.48. The molecule has 0 unspecified atom stereocenters. The van der Waals surface area contributed by atoms with Gasteiger partial charge in [-0.15, -0.1) is 0 Å². The number of nitrogens with zero attached hydrogens (tertiary/aromatic N) is 3. The molecule has 8 aromatic carbocycles. The molecule has 2 heterocycles. The summed E-state index contributed by atoms with van der Waals surface area (Å²) in [5, 5.41) is 2.00. The van der Waals surface area contributed by atoms with Crippen molar-refractivity contribution in [2.24, 2.45) is 0 Å². The van der Waals surface area contributed by atoms with Gasteiger partial charge in [-0.25, -0.2) is 15.0 Å². The van der Waals surface area contributed by atoms with Crippen LogP contribution in [0.1, 0.15) is 18.1 Å². The van der Waals surface area contributed by atoms with Crippen molar-refractivity contribution in [3.8, 4) is 78.7 Å². The minimum absolute atomic E-state index is 0.595. The smallest absolute Gasteiger partial charge is 0.164 e. The Morgan fingerprint density at radius 1 is 0.379 bits per heavy atom. The van der Waals surface area contributed by atoms with E-state index in [1.165, 1.54) is 38.9 Å². The maximum absolute atomic E-state index is 6.43. The number of rotatable bonds is 8. The molecule has 276 valence electrons. The first-order valence-electron chi connectivity index (χ1n) is 19.8. The Kier molecular flexibility index (Phi) is 9.00. The summed E-state index contributed by atoms with van der Waals surface area (Å²) in [5.74, 6) is 1.82. The number of furan rings is 1. The molecule has 0 saturated heterocycles. The quantitative estimate of drug-likeness (QED) is 0.155. The molecule has 0 bridgehead atoms. The van der Waals surface area contributed by atoms with Gasteiger partial charge in [0.2, 0.25) is 0 Å². The van der Waals surface area contributed by atoms with Crippen molar-refractivity contribution in [2.45, 2.75) is 20.3 Å². The zero-order valence-electron chi connectivity index (χ0n) is 32.4. The van der Waals surface area contributed by atoms with Crippen molar-refractivity contribution in [3.05, 3.63) is 199 Å². The molecular weight excluding hydrogens is 707 g/mol. The van der Waals surface area contributed by atoms with E-state index in [0.29, 0.717) is 17.5 Å². The minimum atomic E-state index is 0.595. The van der Waals surface area contributed by atoms with Crippen LogP contribution in [-0.4, -0.2) is 15.0 Å². The Morgan fingerprint density at radius 2 is 0.931 bits per heavy atom. The average Bonchev–Trinajstić information content (AvgIpc) is 3.68. The summed E-state index contributed by atoms with van der Waals surface area (Å²) in [7, 11) is 0. The highest BCUT2D eigenvalue weighted by atomic mass is 16.3. The van der Waals surface area contributed by atoms with E-state index in [1.807, 2.05) is 48.5 Å². The summed E-state index contributed by atoms with van der Waals surface area (Å²) in [4.78, 5) is 15.5. The Labute approximate surface area is 338 Å². The third kappa shape index (κ3) is 6.35. The van der Waals surface area contributed by atoms with Crippen molar-refractivity contribution in [2.75, 3.05) is 0 Å². The molecule has 0 spiro atoms. The van der Waals surface area contributed by atoms with Crippen LogP contribution in [0, 0.1) is 6.92 Å². The molecule has 0 saturated carbocycles. The fourth-order valence-electron chi connectivity index (χ4n) is 8.34. The van der Waals surface area contributed by atoms with Gasteiger partial charge in [-0.1, -0.05) is 171 Å². The molecule has 10 aromatic rings. The monoisotopic (exact) mass is 745 g/mol. The van der Waals surface area contributed by atoms with Crippen LogP contribution in [0.5, 0.6) is 0 Å². The van der Waals surface area contributed by atoms with E-state index < -0.39 is 0 Å². The summed E-state index contributed by atoms with van der Waals surface area (Å²) in [6.07, 6.45) is 0.882. The van der Waals surface area contributed by atoms with Crippen LogP contribution < -0.4 is 0 Å². The van der Waals surface area contributed by atoms with E-state index in [4.69, 9.17) is 19.4 Å². The second-order valence-corrected chi connectivity index (χ2v) is 14.6. The predicted molar refractivity (Wildman–Crippen MR) is 239 cm³/mol. The lowest BCUT2D eigenvalue weighted by molar-refractivity contribution is 0.669. The van der Waals surface area contributed by atoms with Gasteiger partial charge in [-0.2, -0.15) is 0 Å². The SMILES string of the molecule is CCc1c(-c2cccc(-c3nc(-c4ccccc4)nc(-c4cccc5oc6ccc(-c7ccccc7)cc6c45)n3)c2)cccc1-c1cccc(-c2ccccc2)c1C. The van der Waals surface area contributed by atoms with Crippen molar-refractivity contribution in [1.29, 1.82) is 0 Å². The highest BCUT2D eigenvalue weighted by Gasteiger charge is 2.20. The Morgan fingerprint density at radius 3 is 1.67 bits per heavy atom. The molecule has 4 nitrogen and oxygen atoms in total. The Hall–Kier alpha value is -7.43. The lowest BCUT2D eigenvalue weighted by atomic mass is 9.86. The highest BCUT2D eigenvalue weighted by Crippen LogP contribution is 2.40. The number of benzene rings is 8. The first-order valence-corrected chi connectivity index (χ1v) is 19.8. The van der Waals surface area contributed by atoms with Crippen LogP contribution in [-0.2, 0) is 6.42 Å². The van der Waals surface area contributed by atoms with Crippen LogP contribution in [0.25, 0.3) is 101 Å². The molecule has 2 aromatic heterocycles. The number of hydrogen-bond acceptors (Lipinski definition) is 4. The van der Waals surface area contributed by atoms with E-state index in [0.717, 1.165) is 61.7 Å². The second kappa shape index (κ2) is 14.9. The fourth-order valence-corrected chi connectivity index (χ4v) is 8.34. The zero-order chi connectivity index (χ0) is 39.0. The average molecular weight is 746 g/mol. The molecule has 0 radical (unpaired) electrons. The van der Waals surface area contributed by atoms with Crippen molar-refractivity contribution in [1.82, 2.24) is 15.0 Å². The van der Waals surface area contributed by atoms with E-state index in [-0.39, 0.29) is 0 Å². The van der Waals surface area contributed by atoms with E-state index in [2.05, 4.69) is 153 Å². The number of hydrogen-bond donors (Lipinski definition) is 0. The molecule has 0 amide bonds. The number of aromatic nitrogens is 3. The standard InChI is InChI=1S/C54H39N3O/c1-3-42-45(27-15-28-46(42)44-26-14-25-43(35(44)2)37-19-9-5-10-20-37)40-23-13-24-41(33-40)53-55-52(38-21-11-6-12-22-38)56-54(57-53)47-29-16-30-50-51(47)48-34-39(31-32-49(48)58-50)36-17-7-4-8-18-36/h4-34H,3H2,1-2H3. The Bertz CT molecular complexity index is 3100. The molecular formula is C54H39N3O. The molecule has 0 N–H and O–H groups in total. The lowest BCUT2D eigenvalue weighted by Gasteiger charge is -2.18. The molecule has 4 heteroatoms. The van der Waals surface area contributed by atoms with Gasteiger partial charge in [0.25, 0.3) is 0 Å².